The van der Waals surface area contributed by atoms with Gasteiger partial charge in [-0.25, -0.2) is 19.4 Å². The number of urea groups is 1. The maximum absolute atomic E-state index is 12.1. The molecule has 2 amide bonds. The summed E-state index contributed by atoms with van der Waals surface area (Å²) in [5.74, 6) is 1.37. The molecule has 8 heteroatoms. The molecule has 0 aliphatic carbocycles. The summed E-state index contributed by atoms with van der Waals surface area (Å²) in [5.41, 5.74) is 4.96. The first kappa shape index (κ1) is 19.3. The molecule has 28 heavy (non-hydrogen) atoms. The van der Waals surface area contributed by atoms with Gasteiger partial charge in [0.25, 0.3) is 0 Å². The number of hydrogen-bond donors (Lipinski definition) is 3. The molecule has 0 radical (unpaired) electrons. The Morgan fingerprint density at radius 3 is 2.64 bits per heavy atom. The van der Waals surface area contributed by atoms with E-state index in [0.717, 1.165) is 28.2 Å². The van der Waals surface area contributed by atoms with Crippen molar-refractivity contribution in [1.29, 1.82) is 0 Å². The monoisotopic (exact) mass is 379 g/mol. The molecule has 2 heterocycles. The maximum Gasteiger partial charge on any atom is 0.319 e. The number of benzene rings is 1. The van der Waals surface area contributed by atoms with E-state index in [1.165, 1.54) is 6.33 Å². The predicted octanol–water partition coefficient (Wildman–Crippen LogP) is 3.13. The molecule has 0 fully saturated rings. The quantitative estimate of drug-likeness (QED) is 0.572. The van der Waals surface area contributed by atoms with Crippen LogP contribution in [0.2, 0.25) is 0 Å². The highest BCUT2D eigenvalue weighted by molar-refractivity contribution is 5.90. The van der Waals surface area contributed by atoms with Gasteiger partial charge in [-0.3, -0.25) is 0 Å². The van der Waals surface area contributed by atoms with Crippen molar-refractivity contribution < 1.29 is 4.79 Å². The number of nitrogens with zero attached hydrogens (tertiary/aromatic N) is 4. The molecule has 3 aromatic rings. The minimum atomic E-state index is -0.235. The summed E-state index contributed by atoms with van der Waals surface area (Å²) < 4.78 is 1.78. The van der Waals surface area contributed by atoms with Crippen LogP contribution >= 0.6 is 0 Å². The maximum atomic E-state index is 12.1. The van der Waals surface area contributed by atoms with Crippen molar-refractivity contribution in [3.63, 3.8) is 0 Å². The number of aromatic nitrogens is 4. The second kappa shape index (κ2) is 8.51. The SMILES string of the molecule is Cc1cc(C)n(-c2cc(NCCNC(=O)Nc3cccc(C)c3C)ncn2)n1. The molecule has 3 N–H and O–H groups in total. The highest BCUT2D eigenvalue weighted by Gasteiger charge is 2.07. The predicted molar refractivity (Wildman–Crippen MR) is 110 cm³/mol. The molecule has 0 saturated carbocycles. The number of nitrogens with one attached hydrogen (secondary N) is 3. The van der Waals surface area contributed by atoms with E-state index < -0.39 is 0 Å². The number of aryl methyl sites for hydroxylation is 3. The molecule has 2 aromatic heterocycles. The van der Waals surface area contributed by atoms with Gasteiger partial charge in [-0.05, 0) is 51.0 Å². The molecule has 1 aromatic carbocycles. The van der Waals surface area contributed by atoms with Gasteiger partial charge < -0.3 is 16.0 Å². The molecule has 0 atom stereocenters. The van der Waals surface area contributed by atoms with E-state index in [1.54, 1.807) is 4.68 Å². The number of rotatable bonds is 6. The zero-order valence-electron chi connectivity index (χ0n) is 16.6. The summed E-state index contributed by atoms with van der Waals surface area (Å²) in [6.07, 6.45) is 1.49. The number of carbonyl (C=O) groups is 1. The Bertz CT molecular complexity index is 980. The van der Waals surface area contributed by atoms with Gasteiger partial charge >= 0.3 is 6.03 Å². The third kappa shape index (κ3) is 4.64. The summed E-state index contributed by atoms with van der Waals surface area (Å²) in [5, 5.41) is 13.3. The van der Waals surface area contributed by atoms with Crippen molar-refractivity contribution in [3.05, 3.63) is 59.2 Å². The molecule has 0 unspecified atom stereocenters. The Morgan fingerprint density at radius 1 is 1.07 bits per heavy atom. The summed E-state index contributed by atoms with van der Waals surface area (Å²) in [4.78, 5) is 20.6. The number of hydrogen-bond acceptors (Lipinski definition) is 5. The fourth-order valence-corrected chi connectivity index (χ4v) is 2.84. The van der Waals surface area contributed by atoms with Gasteiger partial charge in [0.15, 0.2) is 5.82 Å². The number of carbonyl (C=O) groups excluding carboxylic acids is 1. The Labute approximate surface area is 164 Å². The standard InChI is InChI=1S/C20H25N7O/c1-13-6-5-7-17(16(13)4)25-20(28)22-9-8-21-18-11-19(24-12-23-18)27-15(3)10-14(2)26-27/h5-7,10-12H,8-9H2,1-4H3,(H,21,23,24)(H2,22,25,28). The van der Waals surface area contributed by atoms with Crippen LogP contribution in [0.15, 0.2) is 36.7 Å². The molecule has 0 aliphatic rings. The highest BCUT2D eigenvalue weighted by atomic mass is 16.2. The van der Waals surface area contributed by atoms with Gasteiger partial charge in [0.05, 0.1) is 5.69 Å². The molecular weight excluding hydrogens is 354 g/mol. The minimum absolute atomic E-state index is 0.235. The van der Waals surface area contributed by atoms with E-state index in [0.29, 0.717) is 24.7 Å². The molecular formula is C20H25N7O. The van der Waals surface area contributed by atoms with Gasteiger partial charge in [0.2, 0.25) is 0 Å². The number of amides is 2. The van der Waals surface area contributed by atoms with Crippen LogP contribution in [0.3, 0.4) is 0 Å². The summed E-state index contributed by atoms with van der Waals surface area (Å²) in [6.45, 7) is 8.92. The molecule has 0 spiro atoms. The molecule has 146 valence electrons. The number of anilines is 2. The molecule has 3 rings (SSSR count). The van der Waals surface area contributed by atoms with E-state index in [1.807, 2.05) is 58.0 Å². The molecule has 0 saturated heterocycles. The van der Waals surface area contributed by atoms with E-state index in [-0.39, 0.29) is 6.03 Å². The fourth-order valence-electron chi connectivity index (χ4n) is 2.84. The smallest absolute Gasteiger partial charge is 0.319 e. The van der Waals surface area contributed by atoms with Crippen molar-refractivity contribution >= 4 is 17.5 Å². The zero-order chi connectivity index (χ0) is 20.1. The fraction of sp³-hybridized carbons (Fsp3) is 0.300. The minimum Gasteiger partial charge on any atom is -0.368 e. The lowest BCUT2D eigenvalue weighted by Gasteiger charge is -2.12. The third-order valence-corrected chi connectivity index (χ3v) is 4.45. The van der Waals surface area contributed by atoms with E-state index >= 15 is 0 Å². The van der Waals surface area contributed by atoms with Crippen molar-refractivity contribution in [2.24, 2.45) is 0 Å². The van der Waals surface area contributed by atoms with Crippen molar-refractivity contribution in [1.82, 2.24) is 25.1 Å². The Balaban J connectivity index is 1.50. The summed E-state index contributed by atoms with van der Waals surface area (Å²) in [7, 11) is 0. The van der Waals surface area contributed by atoms with Gasteiger partial charge in [0, 0.05) is 30.5 Å². The average molecular weight is 379 g/mol. The Morgan fingerprint density at radius 2 is 1.89 bits per heavy atom. The lowest BCUT2D eigenvalue weighted by molar-refractivity contribution is 0.252. The van der Waals surface area contributed by atoms with Crippen LogP contribution in [0.25, 0.3) is 5.82 Å². The second-order valence-electron chi connectivity index (χ2n) is 6.66. The van der Waals surface area contributed by atoms with Crippen LogP contribution in [0, 0.1) is 27.7 Å². The molecule has 8 nitrogen and oxygen atoms in total. The van der Waals surface area contributed by atoms with Crippen LogP contribution in [-0.4, -0.2) is 38.9 Å². The lowest BCUT2D eigenvalue weighted by atomic mass is 10.1. The van der Waals surface area contributed by atoms with Gasteiger partial charge in [-0.2, -0.15) is 5.10 Å². The van der Waals surface area contributed by atoms with Gasteiger partial charge in [0.1, 0.15) is 12.1 Å². The topological polar surface area (TPSA) is 96.8 Å². The second-order valence-corrected chi connectivity index (χ2v) is 6.66. The summed E-state index contributed by atoms with van der Waals surface area (Å²) in [6, 6.07) is 9.42. The molecule has 0 aliphatic heterocycles. The van der Waals surface area contributed by atoms with Crippen LogP contribution < -0.4 is 16.0 Å². The Kier molecular flexibility index (Phi) is 5.88. The lowest BCUT2D eigenvalue weighted by Crippen LogP contribution is -2.33. The first-order valence-corrected chi connectivity index (χ1v) is 9.14. The van der Waals surface area contributed by atoms with Crippen molar-refractivity contribution in [3.8, 4) is 5.82 Å². The van der Waals surface area contributed by atoms with Crippen LogP contribution in [0.1, 0.15) is 22.5 Å². The van der Waals surface area contributed by atoms with Crippen molar-refractivity contribution in [2.75, 3.05) is 23.7 Å². The average Bonchev–Trinajstić information content (AvgIpc) is 3.01. The highest BCUT2D eigenvalue weighted by Crippen LogP contribution is 2.17. The first-order chi connectivity index (χ1) is 13.4. The third-order valence-electron chi connectivity index (χ3n) is 4.45. The van der Waals surface area contributed by atoms with Crippen LogP contribution in [0.5, 0.6) is 0 Å². The zero-order valence-corrected chi connectivity index (χ0v) is 16.6. The first-order valence-electron chi connectivity index (χ1n) is 9.14. The van der Waals surface area contributed by atoms with Gasteiger partial charge in [-0.15, -0.1) is 0 Å². The largest absolute Gasteiger partial charge is 0.368 e. The normalized spacial score (nSPS) is 10.6. The summed E-state index contributed by atoms with van der Waals surface area (Å²) >= 11 is 0. The van der Waals surface area contributed by atoms with Gasteiger partial charge in [-0.1, -0.05) is 12.1 Å². The van der Waals surface area contributed by atoms with Crippen LogP contribution in [0.4, 0.5) is 16.3 Å². The van der Waals surface area contributed by atoms with E-state index in [4.69, 9.17) is 0 Å². The van der Waals surface area contributed by atoms with E-state index in [2.05, 4.69) is 31.0 Å². The van der Waals surface area contributed by atoms with Crippen molar-refractivity contribution in [2.45, 2.75) is 27.7 Å². The van der Waals surface area contributed by atoms with Crippen LogP contribution in [-0.2, 0) is 0 Å². The molecule has 0 bridgehead atoms. The van der Waals surface area contributed by atoms with E-state index in [9.17, 15) is 4.79 Å². The Hall–Kier alpha value is -3.42.